The molecule has 0 aliphatic heterocycles. The molecule has 0 saturated carbocycles. The summed E-state index contributed by atoms with van der Waals surface area (Å²) in [5.74, 6) is 2.27. The van der Waals surface area contributed by atoms with Gasteiger partial charge in [0.25, 0.3) is 0 Å². The number of aryl methyl sites for hydroxylation is 1. The van der Waals surface area contributed by atoms with Gasteiger partial charge < -0.3 is 19.9 Å². The van der Waals surface area contributed by atoms with E-state index in [0.29, 0.717) is 31.2 Å². The molecule has 0 atom stereocenters. The first-order valence-electron chi connectivity index (χ1n) is 8.88. The minimum atomic E-state index is -4.31. The topological polar surface area (TPSA) is 76.4 Å². The predicted octanol–water partition coefficient (Wildman–Crippen LogP) is 3.08. The summed E-state index contributed by atoms with van der Waals surface area (Å²) in [7, 11) is 1.90. The molecule has 1 aromatic carbocycles. The van der Waals surface area contributed by atoms with Crippen molar-refractivity contribution >= 4 is 29.9 Å². The summed E-state index contributed by atoms with van der Waals surface area (Å²) < 4.78 is 42.8. The Kier molecular flexibility index (Phi) is 10.4. The molecule has 0 aliphatic carbocycles. The summed E-state index contributed by atoms with van der Waals surface area (Å²) in [6.07, 6.45) is -4.31. The molecule has 0 aliphatic rings. The van der Waals surface area contributed by atoms with Crippen LogP contribution in [0.25, 0.3) is 0 Å². The van der Waals surface area contributed by atoms with Crippen LogP contribution in [0.3, 0.4) is 0 Å². The number of nitrogens with zero attached hydrogens (tertiary/aromatic N) is 4. The van der Waals surface area contributed by atoms with Crippen LogP contribution in [0.5, 0.6) is 0 Å². The van der Waals surface area contributed by atoms with E-state index in [0.717, 1.165) is 17.2 Å². The fraction of sp³-hybridized carbons (Fsp3) is 0.500. The Balaban J connectivity index is 0.00000420. The second-order valence-electron chi connectivity index (χ2n) is 6.20. The van der Waals surface area contributed by atoms with Crippen LogP contribution in [0.2, 0.25) is 0 Å². The van der Waals surface area contributed by atoms with Crippen LogP contribution in [0.4, 0.5) is 13.2 Å². The first-order valence-corrected chi connectivity index (χ1v) is 8.88. The Morgan fingerprint density at radius 1 is 1.14 bits per heavy atom. The molecule has 11 heteroatoms. The zero-order valence-corrected chi connectivity index (χ0v) is 18.9. The van der Waals surface area contributed by atoms with Crippen molar-refractivity contribution < 1.29 is 17.9 Å². The van der Waals surface area contributed by atoms with Crippen LogP contribution in [0.1, 0.15) is 29.7 Å². The van der Waals surface area contributed by atoms with Gasteiger partial charge >= 0.3 is 6.18 Å². The minimum absolute atomic E-state index is 0. The largest absolute Gasteiger partial charge is 0.411 e. The molecule has 7 nitrogen and oxygen atoms in total. The molecule has 0 bridgehead atoms. The van der Waals surface area contributed by atoms with Gasteiger partial charge in [0.15, 0.2) is 11.8 Å². The Labute approximate surface area is 185 Å². The SMILES string of the molecule is CCNC(=NCc1ccc(COCC(F)(F)F)cc1)NCc1nnc(C)n1C.I. The Morgan fingerprint density at radius 3 is 2.34 bits per heavy atom. The lowest BCUT2D eigenvalue weighted by molar-refractivity contribution is -0.176. The number of aromatic nitrogens is 3. The number of alkyl halides is 3. The van der Waals surface area contributed by atoms with Crippen molar-refractivity contribution in [3.05, 3.63) is 47.0 Å². The quantitative estimate of drug-likeness (QED) is 0.314. The highest BCUT2D eigenvalue weighted by Crippen LogP contribution is 2.16. The zero-order valence-electron chi connectivity index (χ0n) is 16.6. The standard InChI is InChI=1S/C18H25F3N6O.HI/c1-4-22-17(24-10-16-26-25-13(2)27(16)3)23-9-14-5-7-15(8-6-14)11-28-12-18(19,20)21;/h5-8H,4,9-12H2,1-3H3,(H2,22,23,24);1H. The van der Waals surface area contributed by atoms with Crippen molar-refractivity contribution in [3.63, 3.8) is 0 Å². The smallest absolute Gasteiger partial charge is 0.367 e. The van der Waals surface area contributed by atoms with Crippen molar-refractivity contribution in [1.82, 2.24) is 25.4 Å². The van der Waals surface area contributed by atoms with Crippen LogP contribution in [-0.2, 0) is 31.5 Å². The maximum atomic E-state index is 12.1. The van der Waals surface area contributed by atoms with E-state index in [1.165, 1.54) is 0 Å². The Bertz CT molecular complexity index is 777. The van der Waals surface area contributed by atoms with Crippen LogP contribution < -0.4 is 10.6 Å². The van der Waals surface area contributed by atoms with Gasteiger partial charge in [-0.25, -0.2) is 4.99 Å². The number of guanidine groups is 1. The lowest BCUT2D eigenvalue weighted by Crippen LogP contribution is -2.37. The molecular formula is C18H26F3IN6O. The monoisotopic (exact) mass is 526 g/mol. The molecule has 0 spiro atoms. The number of nitrogens with one attached hydrogen (secondary N) is 2. The molecule has 0 unspecified atom stereocenters. The van der Waals surface area contributed by atoms with Crippen LogP contribution in [0, 0.1) is 6.92 Å². The molecule has 29 heavy (non-hydrogen) atoms. The number of halogens is 4. The van der Waals surface area contributed by atoms with E-state index < -0.39 is 12.8 Å². The molecule has 0 radical (unpaired) electrons. The van der Waals surface area contributed by atoms with Gasteiger partial charge in [0, 0.05) is 13.6 Å². The first-order chi connectivity index (χ1) is 13.3. The number of hydrogen-bond donors (Lipinski definition) is 2. The lowest BCUT2D eigenvalue weighted by Gasteiger charge is -2.11. The summed E-state index contributed by atoms with van der Waals surface area (Å²) in [6, 6.07) is 7.13. The molecule has 0 fully saturated rings. The van der Waals surface area contributed by atoms with Gasteiger partial charge in [0.1, 0.15) is 12.4 Å². The van der Waals surface area contributed by atoms with Crippen molar-refractivity contribution in [1.29, 1.82) is 0 Å². The first kappa shape index (κ1) is 25.1. The number of rotatable bonds is 8. The Hall–Kier alpha value is -1.89. The van der Waals surface area contributed by atoms with Crippen molar-refractivity contribution in [2.75, 3.05) is 13.2 Å². The highest BCUT2D eigenvalue weighted by atomic mass is 127. The summed E-state index contributed by atoms with van der Waals surface area (Å²) in [5, 5.41) is 14.5. The van der Waals surface area contributed by atoms with Gasteiger partial charge in [-0.15, -0.1) is 34.2 Å². The van der Waals surface area contributed by atoms with Crippen molar-refractivity contribution in [3.8, 4) is 0 Å². The normalized spacial score (nSPS) is 11.9. The van der Waals surface area contributed by atoms with Gasteiger partial charge in [-0.1, -0.05) is 24.3 Å². The molecule has 1 heterocycles. The van der Waals surface area contributed by atoms with Gasteiger partial charge in [0.2, 0.25) is 0 Å². The average molecular weight is 526 g/mol. The molecule has 162 valence electrons. The lowest BCUT2D eigenvalue weighted by atomic mass is 10.1. The molecule has 2 rings (SSSR count). The van der Waals surface area contributed by atoms with Gasteiger partial charge in [-0.3, -0.25) is 0 Å². The van der Waals surface area contributed by atoms with E-state index in [1.807, 2.05) is 37.6 Å². The van der Waals surface area contributed by atoms with Crippen molar-refractivity contribution in [2.45, 2.75) is 39.7 Å². The minimum Gasteiger partial charge on any atom is -0.367 e. The maximum absolute atomic E-state index is 12.1. The highest BCUT2D eigenvalue weighted by molar-refractivity contribution is 14.0. The van der Waals surface area contributed by atoms with Gasteiger partial charge in [-0.2, -0.15) is 13.2 Å². The molecule has 2 N–H and O–H groups in total. The van der Waals surface area contributed by atoms with E-state index >= 15 is 0 Å². The van der Waals surface area contributed by atoms with E-state index in [2.05, 4.69) is 30.6 Å². The summed E-state index contributed by atoms with van der Waals surface area (Å²) in [6.45, 7) is 4.15. The maximum Gasteiger partial charge on any atom is 0.411 e. The van der Waals surface area contributed by atoms with Crippen LogP contribution >= 0.6 is 24.0 Å². The number of benzene rings is 1. The average Bonchev–Trinajstić information content (AvgIpc) is 2.96. The number of ether oxygens (including phenoxy) is 1. The van der Waals surface area contributed by atoms with Gasteiger partial charge in [-0.05, 0) is 25.0 Å². The summed E-state index contributed by atoms with van der Waals surface area (Å²) >= 11 is 0. The van der Waals surface area contributed by atoms with Crippen LogP contribution in [0.15, 0.2) is 29.3 Å². The third kappa shape index (κ3) is 8.98. The van der Waals surface area contributed by atoms with E-state index in [9.17, 15) is 13.2 Å². The third-order valence-corrected chi connectivity index (χ3v) is 3.92. The fourth-order valence-electron chi connectivity index (χ4n) is 2.31. The predicted molar refractivity (Wildman–Crippen MR) is 115 cm³/mol. The van der Waals surface area contributed by atoms with E-state index in [4.69, 9.17) is 0 Å². The fourth-order valence-corrected chi connectivity index (χ4v) is 2.31. The Morgan fingerprint density at radius 2 is 1.79 bits per heavy atom. The molecule has 0 amide bonds. The van der Waals surface area contributed by atoms with E-state index in [-0.39, 0.29) is 30.6 Å². The highest BCUT2D eigenvalue weighted by Gasteiger charge is 2.27. The summed E-state index contributed by atoms with van der Waals surface area (Å²) in [4.78, 5) is 4.52. The molecule has 0 saturated heterocycles. The molecular weight excluding hydrogens is 500 g/mol. The second kappa shape index (κ2) is 12.0. The molecule has 1 aromatic heterocycles. The number of aliphatic imine (C=N–C) groups is 1. The summed E-state index contributed by atoms with van der Waals surface area (Å²) in [5.41, 5.74) is 1.62. The second-order valence-corrected chi connectivity index (χ2v) is 6.20. The third-order valence-electron chi connectivity index (χ3n) is 3.92. The van der Waals surface area contributed by atoms with Crippen molar-refractivity contribution in [2.24, 2.45) is 12.0 Å². The molecule has 2 aromatic rings. The number of hydrogen-bond acceptors (Lipinski definition) is 4. The van der Waals surface area contributed by atoms with Gasteiger partial charge in [0.05, 0.1) is 19.7 Å². The van der Waals surface area contributed by atoms with E-state index in [1.54, 1.807) is 12.1 Å². The zero-order chi connectivity index (χ0) is 20.6. The van der Waals surface area contributed by atoms with Crippen LogP contribution in [-0.4, -0.2) is 40.1 Å².